The van der Waals surface area contributed by atoms with Gasteiger partial charge in [0.25, 0.3) is 0 Å². The Bertz CT molecular complexity index is 921. The van der Waals surface area contributed by atoms with Crippen LogP contribution in [0.25, 0.3) is 11.0 Å². The Morgan fingerprint density at radius 3 is 2.61 bits per heavy atom. The van der Waals surface area contributed by atoms with E-state index in [0.717, 1.165) is 5.52 Å². The van der Waals surface area contributed by atoms with Gasteiger partial charge in [0, 0.05) is 12.1 Å². The summed E-state index contributed by atoms with van der Waals surface area (Å²) in [4.78, 5) is 28.7. The summed E-state index contributed by atoms with van der Waals surface area (Å²) in [5.74, 6) is -0.0396. The molecule has 118 valence electrons. The first-order valence-electron chi connectivity index (χ1n) is 7.59. The van der Waals surface area contributed by atoms with E-state index in [1.807, 2.05) is 0 Å². The summed E-state index contributed by atoms with van der Waals surface area (Å²) in [6.07, 6.45) is 1.13. The van der Waals surface area contributed by atoms with Crippen molar-refractivity contribution in [2.24, 2.45) is 0 Å². The number of hydrogen-bond acceptors (Lipinski definition) is 2. The van der Waals surface area contributed by atoms with Crippen LogP contribution in [0, 0.1) is 13.8 Å². The molecular formula is C18H19N3O2. The number of aromatic nitrogens is 2. The molecule has 3 rings (SSSR count). The van der Waals surface area contributed by atoms with E-state index in [0.29, 0.717) is 24.0 Å². The lowest BCUT2D eigenvalue weighted by Crippen LogP contribution is -2.12. The zero-order chi connectivity index (χ0) is 16.4. The van der Waals surface area contributed by atoms with Gasteiger partial charge < -0.3 is 15.3 Å². The molecule has 1 heterocycles. The van der Waals surface area contributed by atoms with E-state index in [4.69, 9.17) is 0 Å². The molecule has 0 aliphatic rings. The second-order valence-electron chi connectivity index (χ2n) is 5.82. The maximum absolute atomic E-state index is 12.1. The van der Waals surface area contributed by atoms with Crippen molar-refractivity contribution in [1.82, 2.24) is 9.97 Å². The van der Waals surface area contributed by atoms with Gasteiger partial charge >= 0.3 is 5.69 Å². The molecule has 3 aromatic rings. The minimum atomic E-state index is -0.252. The number of amides is 1. The highest BCUT2D eigenvalue weighted by Gasteiger charge is 2.06. The number of aryl methyl sites for hydroxylation is 3. The van der Waals surface area contributed by atoms with Crippen LogP contribution in [0.2, 0.25) is 0 Å². The Morgan fingerprint density at radius 1 is 1.04 bits per heavy atom. The van der Waals surface area contributed by atoms with Crippen molar-refractivity contribution in [2.75, 3.05) is 5.32 Å². The standard InChI is InChI=1S/C18H19N3O2/c1-11-3-4-13(12(2)9-11)5-8-17(22)19-14-6-7-15-16(10-14)21-18(23)20-15/h3-4,6-7,9-10H,5,8H2,1-2H3,(H,19,22)(H2,20,21,23). The number of nitrogens with one attached hydrogen (secondary N) is 3. The van der Waals surface area contributed by atoms with Crippen molar-refractivity contribution in [3.05, 3.63) is 63.6 Å². The number of imidazole rings is 1. The van der Waals surface area contributed by atoms with Crippen molar-refractivity contribution in [2.45, 2.75) is 26.7 Å². The molecule has 0 radical (unpaired) electrons. The molecule has 23 heavy (non-hydrogen) atoms. The number of carbonyl (C=O) groups excluding carboxylic acids is 1. The first-order chi connectivity index (χ1) is 11.0. The molecule has 0 unspecified atom stereocenters. The Hall–Kier alpha value is -2.82. The average molecular weight is 309 g/mol. The molecule has 3 N–H and O–H groups in total. The Labute approximate surface area is 133 Å². The normalized spacial score (nSPS) is 10.9. The summed E-state index contributed by atoms with van der Waals surface area (Å²) < 4.78 is 0. The van der Waals surface area contributed by atoms with Crippen LogP contribution in [0.5, 0.6) is 0 Å². The third kappa shape index (κ3) is 3.51. The predicted molar refractivity (Wildman–Crippen MR) is 91.8 cm³/mol. The molecule has 0 aliphatic heterocycles. The van der Waals surface area contributed by atoms with Crippen LogP contribution >= 0.6 is 0 Å². The number of aromatic amines is 2. The molecular weight excluding hydrogens is 290 g/mol. The second kappa shape index (κ2) is 6.12. The van der Waals surface area contributed by atoms with Crippen molar-refractivity contribution in [3.63, 3.8) is 0 Å². The Kier molecular flexibility index (Phi) is 4.02. The Balaban J connectivity index is 1.64. The van der Waals surface area contributed by atoms with Gasteiger partial charge in [-0.25, -0.2) is 4.79 Å². The first kappa shape index (κ1) is 15.1. The van der Waals surface area contributed by atoms with Crippen molar-refractivity contribution >= 4 is 22.6 Å². The van der Waals surface area contributed by atoms with Crippen molar-refractivity contribution in [1.29, 1.82) is 0 Å². The lowest BCUT2D eigenvalue weighted by atomic mass is 10.0. The maximum Gasteiger partial charge on any atom is 0.323 e. The highest BCUT2D eigenvalue weighted by atomic mass is 16.1. The molecule has 5 nitrogen and oxygen atoms in total. The van der Waals surface area contributed by atoms with Crippen LogP contribution in [0.4, 0.5) is 5.69 Å². The van der Waals surface area contributed by atoms with E-state index in [1.54, 1.807) is 18.2 Å². The highest BCUT2D eigenvalue weighted by Crippen LogP contribution is 2.16. The van der Waals surface area contributed by atoms with E-state index in [-0.39, 0.29) is 11.6 Å². The highest BCUT2D eigenvalue weighted by molar-refractivity contribution is 5.93. The minimum absolute atomic E-state index is 0.0396. The molecule has 0 aliphatic carbocycles. The fraction of sp³-hybridized carbons (Fsp3) is 0.222. The van der Waals surface area contributed by atoms with E-state index in [1.165, 1.54) is 16.7 Å². The number of carbonyl (C=O) groups is 1. The van der Waals surface area contributed by atoms with E-state index in [9.17, 15) is 9.59 Å². The topological polar surface area (TPSA) is 77.8 Å². The van der Waals surface area contributed by atoms with Crippen LogP contribution in [0.3, 0.4) is 0 Å². The number of anilines is 1. The minimum Gasteiger partial charge on any atom is -0.326 e. The van der Waals surface area contributed by atoms with Crippen LogP contribution < -0.4 is 11.0 Å². The second-order valence-corrected chi connectivity index (χ2v) is 5.82. The zero-order valence-corrected chi connectivity index (χ0v) is 13.2. The number of hydrogen-bond donors (Lipinski definition) is 3. The van der Waals surface area contributed by atoms with E-state index >= 15 is 0 Å². The van der Waals surface area contributed by atoms with Gasteiger partial charge in [0.15, 0.2) is 0 Å². The van der Waals surface area contributed by atoms with E-state index < -0.39 is 0 Å². The van der Waals surface area contributed by atoms with Gasteiger partial charge in [-0.3, -0.25) is 4.79 Å². The van der Waals surface area contributed by atoms with Gasteiger partial charge in [-0.05, 0) is 49.6 Å². The molecule has 1 amide bonds. The van der Waals surface area contributed by atoms with Crippen LogP contribution in [-0.4, -0.2) is 15.9 Å². The summed E-state index contributed by atoms with van der Waals surface area (Å²) in [5.41, 5.74) is 5.46. The monoisotopic (exact) mass is 309 g/mol. The maximum atomic E-state index is 12.1. The third-order valence-corrected chi connectivity index (χ3v) is 3.92. The smallest absolute Gasteiger partial charge is 0.323 e. The fourth-order valence-corrected chi connectivity index (χ4v) is 2.71. The van der Waals surface area contributed by atoms with Crippen LogP contribution in [0.1, 0.15) is 23.1 Å². The van der Waals surface area contributed by atoms with Gasteiger partial charge in [-0.2, -0.15) is 0 Å². The molecule has 5 heteroatoms. The quantitative estimate of drug-likeness (QED) is 0.692. The van der Waals surface area contributed by atoms with Gasteiger partial charge in [-0.15, -0.1) is 0 Å². The average Bonchev–Trinajstić information content (AvgIpc) is 2.85. The predicted octanol–water partition coefficient (Wildman–Crippen LogP) is 3.04. The molecule has 0 bridgehead atoms. The summed E-state index contributed by atoms with van der Waals surface area (Å²) in [6.45, 7) is 4.13. The molecule has 1 aromatic heterocycles. The van der Waals surface area contributed by atoms with Crippen molar-refractivity contribution < 1.29 is 4.79 Å². The zero-order valence-electron chi connectivity index (χ0n) is 13.2. The van der Waals surface area contributed by atoms with Crippen LogP contribution in [0.15, 0.2) is 41.2 Å². The van der Waals surface area contributed by atoms with Crippen LogP contribution in [-0.2, 0) is 11.2 Å². The van der Waals surface area contributed by atoms with Gasteiger partial charge in [0.2, 0.25) is 5.91 Å². The number of rotatable bonds is 4. The fourth-order valence-electron chi connectivity index (χ4n) is 2.71. The molecule has 0 saturated heterocycles. The molecule has 0 fully saturated rings. The number of benzene rings is 2. The lowest BCUT2D eigenvalue weighted by Gasteiger charge is -2.08. The first-order valence-corrected chi connectivity index (χ1v) is 7.59. The number of H-pyrrole nitrogens is 2. The summed E-state index contributed by atoms with van der Waals surface area (Å²) in [5, 5.41) is 2.87. The van der Waals surface area contributed by atoms with E-state index in [2.05, 4.69) is 47.3 Å². The molecule has 0 atom stereocenters. The Morgan fingerprint density at radius 2 is 1.83 bits per heavy atom. The van der Waals surface area contributed by atoms with Gasteiger partial charge in [0.05, 0.1) is 11.0 Å². The molecule has 2 aromatic carbocycles. The molecule has 0 spiro atoms. The molecule has 0 saturated carbocycles. The third-order valence-electron chi connectivity index (χ3n) is 3.92. The largest absolute Gasteiger partial charge is 0.326 e. The summed E-state index contributed by atoms with van der Waals surface area (Å²) in [7, 11) is 0. The summed E-state index contributed by atoms with van der Waals surface area (Å²) >= 11 is 0. The van der Waals surface area contributed by atoms with Gasteiger partial charge in [-0.1, -0.05) is 23.8 Å². The van der Waals surface area contributed by atoms with Gasteiger partial charge in [0.1, 0.15) is 0 Å². The summed E-state index contributed by atoms with van der Waals surface area (Å²) in [6, 6.07) is 11.6. The lowest BCUT2D eigenvalue weighted by molar-refractivity contribution is -0.116. The number of fused-ring (bicyclic) bond motifs is 1. The SMILES string of the molecule is Cc1ccc(CCC(=O)Nc2ccc3[nH]c(=O)[nH]c3c2)c(C)c1. The van der Waals surface area contributed by atoms with Crippen molar-refractivity contribution in [3.8, 4) is 0 Å².